The molecule has 18 heteroatoms. The normalized spacial score (nSPS) is 27.8. The Morgan fingerprint density at radius 2 is 1.67 bits per heavy atom. The molecule has 330 valence electrons. The lowest BCUT2D eigenvalue weighted by molar-refractivity contribution is -0.457. The fourth-order valence-corrected chi connectivity index (χ4v) is 10.2. The molecule has 0 spiro atoms. The van der Waals surface area contributed by atoms with Gasteiger partial charge in [-0.2, -0.15) is 39.5 Å². The van der Waals surface area contributed by atoms with E-state index < -0.39 is 37.2 Å². The van der Waals surface area contributed by atoms with Crippen molar-refractivity contribution in [2.75, 3.05) is 74.3 Å². The van der Waals surface area contributed by atoms with Gasteiger partial charge in [-0.25, -0.2) is 0 Å². The largest absolute Gasteiger partial charge is 0.490 e. The Balaban J connectivity index is 1.08. The van der Waals surface area contributed by atoms with E-state index in [-0.39, 0.29) is 36.6 Å². The van der Waals surface area contributed by atoms with E-state index >= 15 is 0 Å². The molecular weight excluding hydrogens is 787 g/mol. The van der Waals surface area contributed by atoms with Crippen LogP contribution in [-0.4, -0.2) is 137 Å². The maximum absolute atomic E-state index is 13.4. The smallest absolute Gasteiger partial charge is 0.435 e. The van der Waals surface area contributed by atoms with Crippen LogP contribution in [0, 0.1) is 17.3 Å². The molecule has 3 aliphatic carbocycles. The van der Waals surface area contributed by atoms with Crippen LogP contribution in [-0.2, 0) is 25.4 Å². The SMILES string of the molecule is C=C(NCC1CC(OC)CN1C)OCCOc1ccc2c(c1)CCC1C2CCC2(C)C1CCC2N(C)C(=O)CN(C)CCCOC(C(F)(F)F)(C(F)(F)F)C(F)(F)F. The first-order chi connectivity index (χ1) is 27.0. The van der Waals surface area contributed by atoms with Crippen molar-refractivity contribution < 1.29 is 63.3 Å². The molecule has 1 N–H and O–H groups in total. The van der Waals surface area contributed by atoms with Crippen molar-refractivity contribution in [3.8, 4) is 5.75 Å². The zero-order valence-corrected chi connectivity index (χ0v) is 33.8. The summed E-state index contributed by atoms with van der Waals surface area (Å²) in [6.45, 7) is 6.58. The highest BCUT2D eigenvalue weighted by Crippen LogP contribution is 2.62. The van der Waals surface area contributed by atoms with Gasteiger partial charge in [0.15, 0.2) is 5.88 Å². The Hall–Kier alpha value is -2.96. The van der Waals surface area contributed by atoms with E-state index in [1.54, 1.807) is 19.1 Å². The van der Waals surface area contributed by atoms with Crippen LogP contribution < -0.4 is 10.1 Å². The Morgan fingerprint density at radius 1 is 0.983 bits per heavy atom. The number of methoxy groups -OCH3 is 1. The minimum Gasteiger partial charge on any atom is -0.490 e. The summed E-state index contributed by atoms with van der Waals surface area (Å²) in [5, 5.41) is 3.25. The molecule has 1 amide bonds. The second-order valence-corrected chi connectivity index (χ2v) is 16.7. The average molecular weight is 845 g/mol. The van der Waals surface area contributed by atoms with Gasteiger partial charge in [-0.05, 0) is 118 Å². The molecule has 4 aliphatic rings. The van der Waals surface area contributed by atoms with Crippen molar-refractivity contribution in [2.45, 2.75) is 107 Å². The van der Waals surface area contributed by atoms with E-state index in [0.717, 1.165) is 63.8 Å². The van der Waals surface area contributed by atoms with E-state index in [9.17, 15) is 44.3 Å². The number of hydrogen-bond donors (Lipinski definition) is 1. The number of halogens is 9. The van der Waals surface area contributed by atoms with E-state index in [0.29, 0.717) is 42.9 Å². The third kappa shape index (κ3) is 9.49. The summed E-state index contributed by atoms with van der Waals surface area (Å²) < 4.78 is 139. The summed E-state index contributed by atoms with van der Waals surface area (Å²) in [4.78, 5) is 18.7. The summed E-state index contributed by atoms with van der Waals surface area (Å²) in [7, 11) is 6.94. The molecular formula is C40H57F9N4O5. The van der Waals surface area contributed by atoms with Crippen molar-refractivity contribution in [2.24, 2.45) is 17.3 Å². The van der Waals surface area contributed by atoms with Crippen LogP contribution in [0.15, 0.2) is 30.7 Å². The second kappa shape index (κ2) is 17.9. The van der Waals surface area contributed by atoms with E-state index in [1.165, 1.54) is 23.1 Å². The highest BCUT2D eigenvalue weighted by molar-refractivity contribution is 5.78. The van der Waals surface area contributed by atoms with E-state index in [4.69, 9.17) is 14.2 Å². The van der Waals surface area contributed by atoms with Gasteiger partial charge in [-0.3, -0.25) is 14.6 Å². The molecule has 0 aromatic heterocycles. The molecule has 7 atom stereocenters. The molecule has 7 unspecified atom stereocenters. The molecule has 3 fully saturated rings. The van der Waals surface area contributed by atoms with E-state index in [1.807, 2.05) is 6.07 Å². The maximum Gasteiger partial charge on any atom is 0.435 e. The summed E-state index contributed by atoms with van der Waals surface area (Å²) in [6.07, 6.45) is -14.3. The zero-order chi connectivity index (χ0) is 42.8. The molecule has 1 saturated heterocycles. The first kappa shape index (κ1) is 46.1. The van der Waals surface area contributed by atoms with Gasteiger partial charge < -0.3 is 29.2 Å². The van der Waals surface area contributed by atoms with Crippen LogP contribution in [0.25, 0.3) is 0 Å². The number of likely N-dealkylation sites (tertiary alicyclic amines) is 1. The van der Waals surface area contributed by atoms with Crippen molar-refractivity contribution in [1.29, 1.82) is 0 Å². The van der Waals surface area contributed by atoms with Crippen LogP contribution in [0.4, 0.5) is 39.5 Å². The number of fused-ring (bicyclic) bond motifs is 5. The van der Waals surface area contributed by atoms with Gasteiger partial charge in [-0.15, -0.1) is 0 Å². The van der Waals surface area contributed by atoms with Crippen LogP contribution in [0.2, 0.25) is 0 Å². The number of hydrogen-bond acceptors (Lipinski definition) is 8. The molecule has 2 saturated carbocycles. The Labute approximate surface area is 334 Å². The van der Waals surface area contributed by atoms with Gasteiger partial charge in [0.05, 0.1) is 12.6 Å². The molecule has 5 rings (SSSR count). The molecule has 58 heavy (non-hydrogen) atoms. The number of nitrogens with one attached hydrogen (secondary N) is 1. The number of alkyl halides is 9. The van der Waals surface area contributed by atoms with Crippen LogP contribution in [0.3, 0.4) is 0 Å². The number of benzene rings is 1. The minimum absolute atomic E-state index is 0.0774. The lowest BCUT2D eigenvalue weighted by atomic mass is 9.55. The van der Waals surface area contributed by atoms with Crippen molar-refractivity contribution in [1.82, 2.24) is 20.0 Å². The van der Waals surface area contributed by atoms with Gasteiger partial charge in [0.25, 0.3) is 0 Å². The summed E-state index contributed by atoms with van der Waals surface area (Å²) in [6, 6.07) is 6.58. The fraction of sp³-hybridized carbons (Fsp3) is 0.775. The van der Waals surface area contributed by atoms with Crippen molar-refractivity contribution >= 4 is 5.91 Å². The molecule has 0 radical (unpaired) electrons. The van der Waals surface area contributed by atoms with Crippen LogP contribution in [0.1, 0.15) is 68.9 Å². The quantitative estimate of drug-likeness (QED) is 0.0996. The number of rotatable bonds is 17. The number of ether oxygens (including phenoxy) is 4. The first-order valence-electron chi connectivity index (χ1n) is 19.9. The van der Waals surface area contributed by atoms with Gasteiger partial charge in [0, 0.05) is 52.5 Å². The molecule has 1 aliphatic heterocycles. The van der Waals surface area contributed by atoms with Crippen LogP contribution >= 0.6 is 0 Å². The van der Waals surface area contributed by atoms with E-state index in [2.05, 4.69) is 47.6 Å². The molecule has 1 aromatic carbocycles. The third-order valence-electron chi connectivity index (χ3n) is 13.3. The third-order valence-corrected chi connectivity index (χ3v) is 13.3. The monoisotopic (exact) mass is 844 g/mol. The fourth-order valence-electron chi connectivity index (χ4n) is 10.2. The Bertz CT molecular complexity index is 1540. The van der Waals surface area contributed by atoms with Crippen molar-refractivity contribution in [3.05, 3.63) is 41.8 Å². The number of carbonyl (C=O) groups is 1. The lowest BCUT2D eigenvalue weighted by Crippen LogP contribution is -2.67. The predicted octanol–water partition coefficient (Wildman–Crippen LogP) is 7.31. The second-order valence-electron chi connectivity index (χ2n) is 16.7. The summed E-state index contributed by atoms with van der Waals surface area (Å²) >= 11 is 0. The van der Waals surface area contributed by atoms with Crippen molar-refractivity contribution in [3.63, 3.8) is 0 Å². The molecule has 9 nitrogen and oxygen atoms in total. The Morgan fingerprint density at radius 3 is 2.31 bits per heavy atom. The summed E-state index contributed by atoms with van der Waals surface area (Å²) in [5.74, 6) is 2.18. The predicted molar refractivity (Wildman–Crippen MR) is 197 cm³/mol. The number of aryl methyl sites for hydroxylation is 1. The number of carbonyl (C=O) groups excluding carboxylic acids is 1. The Kier molecular flexibility index (Phi) is 14.3. The minimum atomic E-state index is -6.78. The number of nitrogens with zero attached hydrogens (tertiary/aromatic N) is 3. The lowest BCUT2D eigenvalue weighted by Gasteiger charge is -2.52. The molecule has 1 heterocycles. The number of amides is 1. The van der Waals surface area contributed by atoms with Crippen LogP contribution in [0.5, 0.6) is 5.75 Å². The maximum atomic E-state index is 13.4. The summed E-state index contributed by atoms with van der Waals surface area (Å²) in [5.41, 5.74) is -3.85. The molecule has 0 bridgehead atoms. The van der Waals surface area contributed by atoms with Gasteiger partial charge in [0.2, 0.25) is 5.91 Å². The number of likely N-dealkylation sites (N-methyl/N-ethyl adjacent to an activating group) is 3. The van der Waals surface area contributed by atoms with Gasteiger partial charge in [0.1, 0.15) is 19.0 Å². The molecule has 1 aromatic rings. The topological polar surface area (TPSA) is 75.7 Å². The zero-order valence-electron chi connectivity index (χ0n) is 33.8. The first-order valence-corrected chi connectivity index (χ1v) is 19.9. The average Bonchev–Trinajstić information content (AvgIpc) is 3.68. The highest BCUT2D eigenvalue weighted by Gasteiger charge is 2.85. The van der Waals surface area contributed by atoms with Gasteiger partial charge in [-0.1, -0.05) is 13.0 Å². The highest BCUT2D eigenvalue weighted by atomic mass is 19.4. The van der Waals surface area contributed by atoms with Gasteiger partial charge >= 0.3 is 24.1 Å². The standard InChI is InChI=1S/C40H57F9N4O5/c1-25(50-22-27-21-29(55-6)23-52(27)4)56-18-19-57-28-9-11-30-26(20-28)8-10-32-31(30)14-15-36(2)33(32)12-13-34(36)53(5)35(54)24-51(3)16-7-17-58-37(38(41,42)43,39(44,45)46)40(47,48)49/h9,11,20,27,29,31-34,50H,1,7-8,10,12-19,21-24H2,2-6H3.